The van der Waals surface area contributed by atoms with Crippen LogP contribution in [0.3, 0.4) is 0 Å². The zero-order chi connectivity index (χ0) is 20.1. The molecule has 0 radical (unpaired) electrons. The first-order valence-electron chi connectivity index (χ1n) is 9.77. The highest BCUT2D eigenvalue weighted by atomic mass is 35.5. The Morgan fingerprint density at radius 2 is 1.97 bits per heavy atom. The zero-order valence-electron chi connectivity index (χ0n) is 17.3. The highest BCUT2D eigenvalue weighted by molar-refractivity contribution is 5.88. The van der Waals surface area contributed by atoms with Crippen molar-refractivity contribution in [1.29, 1.82) is 0 Å². The number of carboxylic acids is 1. The summed E-state index contributed by atoms with van der Waals surface area (Å²) in [6.07, 6.45) is 5.34. The van der Waals surface area contributed by atoms with Crippen molar-refractivity contribution in [3.63, 3.8) is 0 Å². The van der Waals surface area contributed by atoms with Gasteiger partial charge in [0.2, 0.25) is 0 Å². The number of hydrogen-bond acceptors (Lipinski definition) is 3. The number of allylic oxidation sites excluding steroid dienone is 1. The molecule has 0 spiro atoms. The Morgan fingerprint density at radius 1 is 1.21 bits per heavy atom. The van der Waals surface area contributed by atoms with Crippen LogP contribution in [0.2, 0.25) is 0 Å². The van der Waals surface area contributed by atoms with Gasteiger partial charge in [-0.25, -0.2) is 4.79 Å². The van der Waals surface area contributed by atoms with Crippen LogP contribution in [0.5, 0.6) is 5.75 Å². The smallest absolute Gasteiger partial charge is 0.335 e. The maximum absolute atomic E-state index is 11.3. The van der Waals surface area contributed by atoms with E-state index in [1.54, 1.807) is 19.2 Å². The second-order valence-electron chi connectivity index (χ2n) is 7.88. The van der Waals surface area contributed by atoms with Crippen molar-refractivity contribution in [3.05, 3.63) is 70.8 Å². The SMILES string of the molecule is COc1cccc([C@@H]2CC(=Cc3cccc(C(=O)O)c3)CC[C@H]2CN(C)C)c1.Cl. The van der Waals surface area contributed by atoms with Crippen LogP contribution in [-0.4, -0.2) is 43.7 Å². The number of rotatable bonds is 6. The number of aromatic carboxylic acids is 1. The summed E-state index contributed by atoms with van der Waals surface area (Å²) >= 11 is 0. The Bertz CT molecular complexity index is 863. The van der Waals surface area contributed by atoms with Crippen LogP contribution in [0.4, 0.5) is 0 Å². The molecule has 1 aliphatic rings. The first-order chi connectivity index (χ1) is 13.5. The average molecular weight is 416 g/mol. The van der Waals surface area contributed by atoms with Gasteiger partial charge in [0.25, 0.3) is 0 Å². The number of ether oxygens (including phenoxy) is 1. The number of nitrogens with zero attached hydrogens (tertiary/aromatic N) is 1. The second kappa shape index (κ2) is 10.5. The fourth-order valence-electron chi connectivity index (χ4n) is 4.20. The molecular formula is C24H30ClNO3. The molecule has 1 aliphatic carbocycles. The van der Waals surface area contributed by atoms with Gasteiger partial charge in [-0.2, -0.15) is 0 Å². The van der Waals surface area contributed by atoms with Gasteiger partial charge in [0.05, 0.1) is 12.7 Å². The minimum absolute atomic E-state index is 0. The number of hydrogen-bond donors (Lipinski definition) is 1. The monoisotopic (exact) mass is 415 g/mol. The third kappa shape index (κ3) is 6.09. The van der Waals surface area contributed by atoms with Crippen molar-refractivity contribution < 1.29 is 14.6 Å². The molecular weight excluding hydrogens is 386 g/mol. The van der Waals surface area contributed by atoms with E-state index in [1.165, 1.54) is 11.1 Å². The van der Waals surface area contributed by atoms with E-state index in [-0.39, 0.29) is 12.4 Å². The van der Waals surface area contributed by atoms with Crippen molar-refractivity contribution in [2.45, 2.75) is 25.2 Å². The van der Waals surface area contributed by atoms with E-state index < -0.39 is 5.97 Å². The van der Waals surface area contributed by atoms with Crippen LogP contribution in [0.1, 0.15) is 46.7 Å². The molecule has 0 bridgehead atoms. The van der Waals surface area contributed by atoms with E-state index in [0.29, 0.717) is 17.4 Å². The second-order valence-corrected chi connectivity index (χ2v) is 7.88. The summed E-state index contributed by atoms with van der Waals surface area (Å²) in [5, 5.41) is 9.24. The third-order valence-electron chi connectivity index (χ3n) is 5.51. The molecule has 0 aromatic heterocycles. The van der Waals surface area contributed by atoms with Gasteiger partial charge in [0.1, 0.15) is 5.75 Å². The zero-order valence-corrected chi connectivity index (χ0v) is 18.1. The lowest BCUT2D eigenvalue weighted by Crippen LogP contribution is -2.29. The van der Waals surface area contributed by atoms with Crippen molar-refractivity contribution in [2.24, 2.45) is 5.92 Å². The summed E-state index contributed by atoms with van der Waals surface area (Å²) in [4.78, 5) is 13.5. The van der Waals surface area contributed by atoms with E-state index in [4.69, 9.17) is 4.74 Å². The lowest BCUT2D eigenvalue weighted by Gasteiger charge is -2.35. The molecule has 1 saturated carbocycles. The lowest BCUT2D eigenvalue weighted by atomic mass is 9.73. The van der Waals surface area contributed by atoms with E-state index in [0.717, 1.165) is 37.1 Å². The predicted molar refractivity (Wildman–Crippen MR) is 120 cm³/mol. The number of carboxylic acid groups (broad SMARTS) is 1. The summed E-state index contributed by atoms with van der Waals surface area (Å²) in [5.41, 5.74) is 3.99. The lowest BCUT2D eigenvalue weighted by molar-refractivity contribution is 0.0697. The minimum atomic E-state index is -0.885. The maximum atomic E-state index is 11.3. The quantitative estimate of drug-likeness (QED) is 0.691. The molecule has 5 heteroatoms. The van der Waals surface area contributed by atoms with Gasteiger partial charge < -0.3 is 14.7 Å². The summed E-state index contributed by atoms with van der Waals surface area (Å²) in [6, 6.07) is 15.6. The summed E-state index contributed by atoms with van der Waals surface area (Å²) in [6.45, 7) is 1.06. The highest BCUT2D eigenvalue weighted by Gasteiger charge is 2.29. The molecule has 1 fully saturated rings. The van der Waals surface area contributed by atoms with Crippen molar-refractivity contribution in [3.8, 4) is 5.75 Å². The van der Waals surface area contributed by atoms with Crippen molar-refractivity contribution >= 4 is 24.5 Å². The van der Waals surface area contributed by atoms with Gasteiger partial charge in [-0.1, -0.05) is 35.9 Å². The molecule has 0 unspecified atom stereocenters. The van der Waals surface area contributed by atoms with Gasteiger partial charge in [-0.05, 0) is 80.6 Å². The standard InChI is InChI=1S/C24H29NO3.ClH/c1-25(2)16-21-11-10-18(12-17-6-4-8-20(13-17)24(26)27)14-23(21)19-7-5-9-22(15-19)28-3;/h4-9,12-13,15,21,23H,10-11,14,16H2,1-3H3,(H,26,27);1H/t21-,23-;/m0./s1. The topological polar surface area (TPSA) is 49.8 Å². The Hall–Kier alpha value is -2.30. The third-order valence-corrected chi connectivity index (χ3v) is 5.51. The van der Waals surface area contributed by atoms with Crippen LogP contribution in [0, 0.1) is 5.92 Å². The summed E-state index contributed by atoms with van der Waals surface area (Å²) in [7, 11) is 5.97. The van der Waals surface area contributed by atoms with Crippen LogP contribution >= 0.6 is 12.4 Å². The van der Waals surface area contributed by atoms with Crippen LogP contribution in [0.25, 0.3) is 6.08 Å². The van der Waals surface area contributed by atoms with E-state index in [2.05, 4.69) is 43.3 Å². The van der Waals surface area contributed by atoms with Gasteiger partial charge in [0.15, 0.2) is 0 Å². The molecule has 0 saturated heterocycles. The number of methoxy groups -OCH3 is 1. The van der Waals surface area contributed by atoms with Gasteiger partial charge in [-0.3, -0.25) is 0 Å². The Labute approximate surface area is 179 Å². The van der Waals surface area contributed by atoms with E-state index in [9.17, 15) is 9.90 Å². The highest BCUT2D eigenvalue weighted by Crippen LogP contribution is 2.42. The molecule has 3 rings (SSSR count). The minimum Gasteiger partial charge on any atom is -0.497 e. The van der Waals surface area contributed by atoms with Crippen molar-refractivity contribution in [1.82, 2.24) is 4.90 Å². The predicted octanol–water partition coefficient (Wildman–Crippen LogP) is 5.34. The largest absolute Gasteiger partial charge is 0.497 e. The summed E-state index contributed by atoms with van der Waals surface area (Å²) < 4.78 is 5.44. The van der Waals surface area contributed by atoms with Gasteiger partial charge in [0, 0.05) is 6.54 Å². The molecule has 156 valence electrons. The van der Waals surface area contributed by atoms with Crippen LogP contribution in [-0.2, 0) is 0 Å². The Balaban J connectivity index is 0.00000300. The number of benzene rings is 2. The first kappa shape index (κ1) is 23.0. The fourth-order valence-corrected chi connectivity index (χ4v) is 4.20. The van der Waals surface area contributed by atoms with E-state index in [1.807, 2.05) is 18.2 Å². The molecule has 2 atom stereocenters. The normalized spacial score (nSPS) is 20.3. The Kier molecular flexibility index (Phi) is 8.30. The Morgan fingerprint density at radius 3 is 2.66 bits per heavy atom. The number of carbonyl (C=O) groups is 1. The molecule has 1 N–H and O–H groups in total. The molecule has 29 heavy (non-hydrogen) atoms. The van der Waals surface area contributed by atoms with Gasteiger partial charge in [-0.15, -0.1) is 12.4 Å². The number of halogens is 1. The molecule has 0 aliphatic heterocycles. The maximum Gasteiger partial charge on any atom is 0.335 e. The molecule has 0 amide bonds. The molecule has 0 heterocycles. The first-order valence-corrected chi connectivity index (χ1v) is 9.77. The molecule has 2 aromatic carbocycles. The van der Waals surface area contributed by atoms with Gasteiger partial charge >= 0.3 is 5.97 Å². The average Bonchev–Trinajstić information content (AvgIpc) is 2.69. The van der Waals surface area contributed by atoms with Crippen molar-refractivity contribution in [2.75, 3.05) is 27.7 Å². The molecule has 4 nitrogen and oxygen atoms in total. The summed E-state index contributed by atoms with van der Waals surface area (Å²) in [5.74, 6) is 1.03. The van der Waals surface area contributed by atoms with E-state index >= 15 is 0 Å². The van der Waals surface area contributed by atoms with Crippen LogP contribution < -0.4 is 4.74 Å². The van der Waals surface area contributed by atoms with Crippen LogP contribution in [0.15, 0.2) is 54.1 Å². The molecule has 2 aromatic rings. The fraction of sp³-hybridized carbons (Fsp3) is 0.375.